The summed E-state index contributed by atoms with van der Waals surface area (Å²) in [5, 5.41) is 12.6. The number of nitriles is 1. The van der Waals surface area contributed by atoms with Gasteiger partial charge < -0.3 is 10.1 Å². The molecule has 1 aliphatic rings. The van der Waals surface area contributed by atoms with Gasteiger partial charge in [0.15, 0.2) is 0 Å². The van der Waals surface area contributed by atoms with Gasteiger partial charge in [0, 0.05) is 18.8 Å². The summed E-state index contributed by atoms with van der Waals surface area (Å²) in [5.74, 6) is 0. The zero-order chi connectivity index (χ0) is 12.3. The van der Waals surface area contributed by atoms with Crippen molar-refractivity contribution in [3.8, 4) is 6.07 Å². The van der Waals surface area contributed by atoms with Gasteiger partial charge in [-0.25, -0.2) is 0 Å². The minimum absolute atomic E-state index is 0.0408. The summed E-state index contributed by atoms with van der Waals surface area (Å²) in [4.78, 5) is 0. The summed E-state index contributed by atoms with van der Waals surface area (Å²) < 4.78 is 5.37. The number of aryl methyl sites for hydroxylation is 1. The number of nitrogens with one attached hydrogen (secondary N) is 1. The largest absolute Gasteiger partial charge is 0.381 e. The van der Waals surface area contributed by atoms with Crippen molar-refractivity contribution in [2.75, 3.05) is 18.5 Å². The highest BCUT2D eigenvalue weighted by Crippen LogP contribution is 2.27. The Hall–Kier alpha value is -1.53. The number of nitrogens with zero attached hydrogens (tertiary/aromatic N) is 1. The molecule has 1 aliphatic heterocycles. The molecule has 3 heteroatoms. The minimum atomic E-state index is 0.0408. The molecular formula is C14H18N2O. The Balaban J connectivity index is 2.20. The summed E-state index contributed by atoms with van der Waals surface area (Å²) in [5.41, 5.74) is 2.81. The third kappa shape index (κ3) is 2.78. The molecule has 17 heavy (non-hydrogen) atoms. The normalized spacial score (nSPS) is 18.4. The highest BCUT2D eigenvalue weighted by molar-refractivity contribution is 5.59. The Morgan fingerprint density at radius 2 is 2.06 bits per heavy atom. The highest BCUT2D eigenvalue weighted by atomic mass is 16.5. The smallest absolute Gasteiger partial charge is 0.101 e. The molecular weight excluding hydrogens is 212 g/mol. The summed E-state index contributed by atoms with van der Waals surface area (Å²) in [6, 6.07) is 8.20. The highest BCUT2D eigenvalue weighted by Gasteiger charge is 2.27. The molecule has 1 aromatic carbocycles. The topological polar surface area (TPSA) is 45.0 Å². The van der Waals surface area contributed by atoms with E-state index in [4.69, 9.17) is 10.00 Å². The number of ether oxygens (including phenoxy) is 1. The number of rotatable bonds is 2. The lowest BCUT2D eigenvalue weighted by molar-refractivity contribution is 0.0658. The first-order chi connectivity index (χ1) is 8.13. The summed E-state index contributed by atoms with van der Waals surface area (Å²) >= 11 is 0. The van der Waals surface area contributed by atoms with Crippen molar-refractivity contribution in [3.63, 3.8) is 0 Å². The van der Waals surface area contributed by atoms with Crippen LogP contribution >= 0.6 is 0 Å². The first-order valence-corrected chi connectivity index (χ1v) is 6.00. The average Bonchev–Trinajstić information content (AvgIpc) is 2.32. The van der Waals surface area contributed by atoms with Crippen LogP contribution in [0, 0.1) is 18.3 Å². The Bertz CT molecular complexity index is 442. The second-order valence-electron chi connectivity index (χ2n) is 4.96. The number of benzene rings is 1. The molecule has 0 spiro atoms. The fourth-order valence-electron chi connectivity index (χ4n) is 2.13. The predicted octanol–water partition coefficient (Wildman–Crippen LogP) is 2.85. The van der Waals surface area contributed by atoms with E-state index in [9.17, 15) is 0 Å². The fraction of sp³-hybridized carbons (Fsp3) is 0.500. The SMILES string of the molecule is Cc1ccc(NC2(C)CCOCC2)c(C#N)c1. The van der Waals surface area contributed by atoms with Crippen LogP contribution in [0.2, 0.25) is 0 Å². The second-order valence-corrected chi connectivity index (χ2v) is 4.96. The molecule has 2 rings (SSSR count). The monoisotopic (exact) mass is 230 g/mol. The predicted molar refractivity (Wildman–Crippen MR) is 68.0 cm³/mol. The average molecular weight is 230 g/mol. The van der Waals surface area contributed by atoms with Crippen molar-refractivity contribution in [3.05, 3.63) is 29.3 Å². The van der Waals surface area contributed by atoms with E-state index in [1.54, 1.807) is 0 Å². The van der Waals surface area contributed by atoms with E-state index in [2.05, 4.69) is 18.3 Å². The van der Waals surface area contributed by atoms with Crippen LogP contribution in [0.25, 0.3) is 0 Å². The van der Waals surface area contributed by atoms with Crippen LogP contribution in [0.15, 0.2) is 18.2 Å². The lowest BCUT2D eigenvalue weighted by atomic mass is 9.91. The zero-order valence-corrected chi connectivity index (χ0v) is 10.4. The van der Waals surface area contributed by atoms with Gasteiger partial charge in [0.25, 0.3) is 0 Å². The van der Waals surface area contributed by atoms with Gasteiger partial charge in [0.05, 0.1) is 11.3 Å². The first kappa shape index (κ1) is 11.9. The molecule has 0 saturated carbocycles. The maximum Gasteiger partial charge on any atom is 0.101 e. The van der Waals surface area contributed by atoms with Gasteiger partial charge in [0.2, 0.25) is 0 Å². The van der Waals surface area contributed by atoms with E-state index in [-0.39, 0.29) is 5.54 Å². The van der Waals surface area contributed by atoms with Gasteiger partial charge in [-0.3, -0.25) is 0 Å². The second kappa shape index (κ2) is 4.77. The molecule has 0 atom stereocenters. The van der Waals surface area contributed by atoms with Crippen LogP contribution in [0.5, 0.6) is 0 Å². The molecule has 3 nitrogen and oxygen atoms in total. The molecule has 0 aliphatic carbocycles. The van der Waals surface area contributed by atoms with E-state index >= 15 is 0 Å². The molecule has 90 valence electrons. The third-order valence-corrected chi connectivity index (χ3v) is 3.33. The van der Waals surface area contributed by atoms with E-state index in [1.165, 1.54) is 0 Å². The first-order valence-electron chi connectivity index (χ1n) is 6.00. The van der Waals surface area contributed by atoms with Crippen LogP contribution in [0.3, 0.4) is 0 Å². The van der Waals surface area contributed by atoms with Crippen molar-refractivity contribution in [2.45, 2.75) is 32.2 Å². The fourth-order valence-corrected chi connectivity index (χ4v) is 2.13. The van der Waals surface area contributed by atoms with E-state index in [1.807, 2.05) is 25.1 Å². The van der Waals surface area contributed by atoms with Gasteiger partial charge in [0.1, 0.15) is 6.07 Å². The quantitative estimate of drug-likeness (QED) is 0.849. The number of hydrogen-bond acceptors (Lipinski definition) is 3. The lowest BCUT2D eigenvalue weighted by Gasteiger charge is -2.35. The Morgan fingerprint density at radius 3 is 2.71 bits per heavy atom. The Morgan fingerprint density at radius 1 is 1.35 bits per heavy atom. The van der Waals surface area contributed by atoms with Crippen LogP contribution in [-0.2, 0) is 4.74 Å². The Kier molecular flexibility index (Phi) is 3.35. The summed E-state index contributed by atoms with van der Waals surface area (Å²) in [7, 11) is 0. The van der Waals surface area contributed by atoms with Crippen LogP contribution in [0.1, 0.15) is 30.9 Å². The molecule has 1 aromatic rings. The summed E-state index contributed by atoms with van der Waals surface area (Å²) in [6.07, 6.45) is 1.96. The Labute approximate surface area is 102 Å². The maximum absolute atomic E-state index is 9.14. The van der Waals surface area contributed by atoms with Crippen molar-refractivity contribution in [1.29, 1.82) is 5.26 Å². The van der Waals surface area contributed by atoms with Crippen LogP contribution < -0.4 is 5.32 Å². The van der Waals surface area contributed by atoms with Gasteiger partial charge in [-0.2, -0.15) is 5.26 Å². The molecule has 1 fully saturated rings. The molecule has 1 heterocycles. The lowest BCUT2D eigenvalue weighted by Crippen LogP contribution is -2.40. The van der Waals surface area contributed by atoms with E-state index in [0.717, 1.165) is 42.9 Å². The molecule has 0 radical (unpaired) electrons. The standard InChI is InChI=1S/C14H18N2O/c1-11-3-4-13(12(9-11)10-15)16-14(2)5-7-17-8-6-14/h3-4,9,16H,5-8H2,1-2H3. The van der Waals surface area contributed by atoms with Crippen LogP contribution in [0.4, 0.5) is 5.69 Å². The van der Waals surface area contributed by atoms with Crippen LogP contribution in [-0.4, -0.2) is 18.8 Å². The number of anilines is 1. The molecule has 0 bridgehead atoms. The van der Waals surface area contributed by atoms with Crippen molar-refractivity contribution < 1.29 is 4.74 Å². The summed E-state index contributed by atoms with van der Waals surface area (Å²) in [6.45, 7) is 5.77. The van der Waals surface area contributed by atoms with E-state index in [0.29, 0.717) is 0 Å². The van der Waals surface area contributed by atoms with Gasteiger partial charge >= 0.3 is 0 Å². The maximum atomic E-state index is 9.14. The van der Waals surface area contributed by atoms with Gasteiger partial charge in [-0.15, -0.1) is 0 Å². The van der Waals surface area contributed by atoms with Crippen molar-refractivity contribution >= 4 is 5.69 Å². The van der Waals surface area contributed by atoms with Crippen molar-refractivity contribution in [1.82, 2.24) is 0 Å². The third-order valence-electron chi connectivity index (χ3n) is 3.33. The minimum Gasteiger partial charge on any atom is -0.381 e. The molecule has 1 saturated heterocycles. The van der Waals surface area contributed by atoms with E-state index < -0.39 is 0 Å². The van der Waals surface area contributed by atoms with Crippen molar-refractivity contribution in [2.24, 2.45) is 0 Å². The molecule has 0 aromatic heterocycles. The molecule has 0 amide bonds. The molecule has 0 unspecified atom stereocenters. The number of hydrogen-bond donors (Lipinski definition) is 1. The van der Waals surface area contributed by atoms with Gasteiger partial charge in [-0.1, -0.05) is 6.07 Å². The zero-order valence-electron chi connectivity index (χ0n) is 10.4. The van der Waals surface area contributed by atoms with Gasteiger partial charge in [-0.05, 0) is 44.4 Å². The molecule has 1 N–H and O–H groups in total.